The molecule has 7 nitrogen and oxygen atoms in total. The zero-order valence-corrected chi connectivity index (χ0v) is 16.6. The molecule has 3 aromatic rings. The quantitative estimate of drug-likeness (QED) is 0.597. The van der Waals surface area contributed by atoms with Gasteiger partial charge in [0.1, 0.15) is 17.1 Å². The number of aromatic amines is 1. The molecule has 152 valence electrons. The van der Waals surface area contributed by atoms with Crippen molar-refractivity contribution in [2.45, 2.75) is 13.3 Å². The first-order valence-corrected chi connectivity index (χ1v) is 10.0. The van der Waals surface area contributed by atoms with Crippen LogP contribution in [0, 0.1) is 12.8 Å². The molecule has 1 aliphatic rings. The molecule has 1 aromatic carbocycles. The molecule has 7 heteroatoms. The molecule has 0 bridgehead atoms. The van der Waals surface area contributed by atoms with Gasteiger partial charge >= 0.3 is 0 Å². The van der Waals surface area contributed by atoms with E-state index in [-0.39, 0.29) is 11.8 Å². The minimum atomic E-state index is -0.192. The first-order valence-electron chi connectivity index (χ1n) is 10.0. The number of ether oxygens (including phenoxy) is 1. The lowest BCUT2D eigenvalue weighted by Gasteiger charge is -2.30. The number of nitrogens with one attached hydrogen (secondary N) is 2. The van der Waals surface area contributed by atoms with Gasteiger partial charge in [-0.2, -0.15) is 0 Å². The highest BCUT2D eigenvalue weighted by Gasteiger charge is 2.24. The van der Waals surface area contributed by atoms with Gasteiger partial charge in [-0.15, -0.1) is 0 Å². The van der Waals surface area contributed by atoms with E-state index in [2.05, 4.69) is 15.3 Å². The van der Waals surface area contributed by atoms with Gasteiger partial charge in [0, 0.05) is 45.1 Å². The van der Waals surface area contributed by atoms with Crippen molar-refractivity contribution in [3.63, 3.8) is 0 Å². The number of rotatable bonds is 6. The van der Waals surface area contributed by atoms with Gasteiger partial charge in [0.15, 0.2) is 0 Å². The van der Waals surface area contributed by atoms with Crippen LogP contribution in [0.4, 0.5) is 0 Å². The number of piperazine rings is 1. The molecule has 2 aromatic heterocycles. The third kappa shape index (κ3) is 4.26. The number of pyridine rings is 1. The molecular weight excluding hydrogens is 366 g/mol. The summed E-state index contributed by atoms with van der Waals surface area (Å²) in [7, 11) is 0. The van der Waals surface area contributed by atoms with Crippen LogP contribution < -0.4 is 15.8 Å². The maximum atomic E-state index is 12.8. The number of nitrogens with zero attached hydrogens (tertiary/aromatic N) is 2. The van der Waals surface area contributed by atoms with Crippen LogP contribution in [0.1, 0.15) is 11.1 Å². The van der Waals surface area contributed by atoms with Crippen molar-refractivity contribution in [3.05, 3.63) is 53.9 Å². The standard InChI is InChI=1S/C22H27N5O2/c1-15-14-26-21-20(15)19(6-7-25-21)29-18-4-2-16(3-5-18)12-17(13-23)22(28)27-10-8-24-9-11-27/h2-7,14,17,24H,8-13,23H2,1H3,(H,25,26). The number of hydrogen-bond donors (Lipinski definition) is 3. The Labute approximate surface area is 170 Å². The van der Waals surface area contributed by atoms with E-state index in [9.17, 15) is 4.79 Å². The molecule has 1 unspecified atom stereocenters. The number of nitrogens with two attached hydrogens (primary N) is 1. The van der Waals surface area contributed by atoms with Gasteiger partial charge in [-0.3, -0.25) is 4.79 Å². The summed E-state index contributed by atoms with van der Waals surface area (Å²) >= 11 is 0. The Morgan fingerprint density at radius 3 is 2.72 bits per heavy atom. The molecule has 0 saturated carbocycles. The second kappa shape index (κ2) is 8.63. The molecule has 4 N–H and O–H groups in total. The van der Waals surface area contributed by atoms with Gasteiger partial charge in [-0.05, 0) is 42.7 Å². The summed E-state index contributed by atoms with van der Waals surface area (Å²) < 4.78 is 6.09. The summed E-state index contributed by atoms with van der Waals surface area (Å²) in [6.45, 7) is 5.57. The summed E-state index contributed by atoms with van der Waals surface area (Å²) in [6.07, 6.45) is 4.29. The molecule has 0 radical (unpaired) electrons. The highest BCUT2D eigenvalue weighted by molar-refractivity contribution is 5.86. The van der Waals surface area contributed by atoms with Crippen molar-refractivity contribution in [2.75, 3.05) is 32.7 Å². The third-order valence-electron chi connectivity index (χ3n) is 5.43. The van der Waals surface area contributed by atoms with Crippen molar-refractivity contribution < 1.29 is 9.53 Å². The predicted molar refractivity (Wildman–Crippen MR) is 113 cm³/mol. The van der Waals surface area contributed by atoms with Crippen molar-refractivity contribution in [2.24, 2.45) is 11.7 Å². The smallest absolute Gasteiger partial charge is 0.227 e. The lowest BCUT2D eigenvalue weighted by molar-refractivity contribution is -0.135. The highest BCUT2D eigenvalue weighted by atomic mass is 16.5. The number of amides is 1. The normalized spacial score (nSPS) is 15.4. The third-order valence-corrected chi connectivity index (χ3v) is 5.43. The van der Waals surface area contributed by atoms with E-state index in [4.69, 9.17) is 10.5 Å². The van der Waals surface area contributed by atoms with Crippen molar-refractivity contribution in [3.8, 4) is 11.5 Å². The van der Waals surface area contributed by atoms with E-state index in [1.807, 2.05) is 48.4 Å². The average Bonchev–Trinajstić information content (AvgIpc) is 3.15. The van der Waals surface area contributed by atoms with E-state index >= 15 is 0 Å². The largest absolute Gasteiger partial charge is 0.457 e. The fourth-order valence-electron chi connectivity index (χ4n) is 3.79. The van der Waals surface area contributed by atoms with Crippen LogP contribution in [-0.2, 0) is 11.2 Å². The van der Waals surface area contributed by atoms with Gasteiger partial charge in [0.2, 0.25) is 5.91 Å². The molecule has 1 amide bonds. The topological polar surface area (TPSA) is 96.3 Å². The molecule has 3 heterocycles. The first kappa shape index (κ1) is 19.4. The van der Waals surface area contributed by atoms with Crippen molar-refractivity contribution >= 4 is 16.9 Å². The predicted octanol–water partition coefficient (Wildman–Crippen LogP) is 2.21. The minimum Gasteiger partial charge on any atom is -0.457 e. The van der Waals surface area contributed by atoms with Crippen LogP contribution >= 0.6 is 0 Å². The summed E-state index contributed by atoms with van der Waals surface area (Å²) in [5.74, 6) is 1.48. The van der Waals surface area contributed by atoms with Gasteiger partial charge in [-0.25, -0.2) is 4.98 Å². The number of aromatic nitrogens is 2. The fourth-order valence-corrected chi connectivity index (χ4v) is 3.79. The molecule has 1 fully saturated rings. The van der Waals surface area contributed by atoms with Gasteiger partial charge in [-0.1, -0.05) is 12.1 Å². The summed E-state index contributed by atoms with van der Waals surface area (Å²) in [5.41, 5.74) is 8.91. The highest BCUT2D eigenvalue weighted by Crippen LogP contribution is 2.31. The molecule has 1 atom stereocenters. The van der Waals surface area contributed by atoms with E-state index in [0.29, 0.717) is 13.0 Å². The second-order valence-electron chi connectivity index (χ2n) is 7.46. The zero-order valence-electron chi connectivity index (χ0n) is 16.6. The van der Waals surface area contributed by atoms with Gasteiger partial charge < -0.3 is 25.7 Å². The molecule has 0 spiro atoms. The Balaban J connectivity index is 1.44. The number of carbonyl (C=O) groups excluding carboxylic acids is 1. The van der Waals surface area contributed by atoms with Gasteiger partial charge in [0.25, 0.3) is 0 Å². The van der Waals surface area contributed by atoms with Crippen LogP contribution in [0.3, 0.4) is 0 Å². The summed E-state index contributed by atoms with van der Waals surface area (Å²) in [4.78, 5) is 22.1. The SMILES string of the molecule is Cc1c[nH]c2nccc(Oc3ccc(CC(CN)C(=O)N4CCNCC4)cc3)c12. The van der Waals surface area contributed by atoms with Crippen LogP contribution in [0.25, 0.3) is 11.0 Å². The Hall–Kier alpha value is -2.90. The van der Waals surface area contributed by atoms with Crippen LogP contribution in [-0.4, -0.2) is 53.5 Å². The molecule has 4 rings (SSSR count). The van der Waals surface area contributed by atoms with Crippen LogP contribution in [0.15, 0.2) is 42.7 Å². The minimum absolute atomic E-state index is 0.149. The average molecular weight is 393 g/mol. The lowest BCUT2D eigenvalue weighted by atomic mass is 9.97. The van der Waals surface area contributed by atoms with Crippen LogP contribution in [0.5, 0.6) is 11.5 Å². The Bertz CT molecular complexity index is 977. The Kier molecular flexibility index (Phi) is 5.78. The molecule has 29 heavy (non-hydrogen) atoms. The number of aryl methyl sites for hydroxylation is 1. The van der Waals surface area contributed by atoms with E-state index in [1.165, 1.54) is 0 Å². The fraction of sp³-hybridized carbons (Fsp3) is 0.364. The number of benzene rings is 1. The van der Waals surface area contributed by atoms with Crippen molar-refractivity contribution in [1.82, 2.24) is 20.2 Å². The molecular formula is C22H27N5O2. The van der Waals surface area contributed by atoms with Crippen molar-refractivity contribution in [1.29, 1.82) is 0 Å². The monoisotopic (exact) mass is 393 g/mol. The second-order valence-corrected chi connectivity index (χ2v) is 7.46. The summed E-state index contributed by atoms with van der Waals surface area (Å²) in [6, 6.07) is 9.75. The number of hydrogen-bond acceptors (Lipinski definition) is 5. The Morgan fingerprint density at radius 1 is 1.24 bits per heavy atom. The lowest BCUT2D eigenvalue weighted by Crippen LogP contribution is -2.49. The zero-order chi connectivity index (χ0) is 20.2. The summed E-state index contributed by atoms with van der Waals surface area (Å²) in [5, 5.41) is 4.26. The van der Waals surface area contributed by atoms with E-state index in [1.54, 1.807) is 6.20 Å². The van der Waals surface area contributed by atoms with E-state index < -0.39 is 0 Å². The number of H-pyrrole nitrogens is 1. The van der Waals surface area contributed by atoms with Crippen LogP contribution in [0.2, 0.25) is 0 Å². The number of carbonyl (C=O) groups is 1. The van der Waals surface area contributed by atoms with E-state index in [0.717, 1.165) is 59.8 Å². The maximum absolute atomic E-state index is 12.8. The Morgan fingerprint density at radius 2 is 2.00 bits per heavy atom. The maximum Gasteiger partial charge on any atom is 0.227 e. The molecule has 0 aliphatic carbocycles. The molecule has 1 aliphatic heterocycles. The molecule has 1 saturated heterocycles. The first-order chi connectivity index (χ1) is 14.2. The number of fused-ring (bicyclic) bond motifs is 1. The van der Waals surface area contributed by atoms with Gasteiger partial charge in [0.05, 0.1) is 11.3 Å².